The monoisotopic (exact) mass is 1060 g/mol. The first-order valence-corrected chi connectivity index (χ1v) is 23.0. The molecule has 0 fully saturated rings. The van der Waals surface area contributed by atoms with Crippen LogP contribution in [0.3, 0.4) is 0 Å². The molecule has 5 aromatic carbocycles. The zero-order valence-corrected chi connectivity index (χ0v) is 42.2. The molecule has 0 spiro atoms. The molecule has 7 nitrogen and oxygen atoms in total. The number of carbonyl (C=O) groups is 1. The molecule has 65 heavy (non-hydrogen) atoms. The summed E-state index contributed by atoms with van der Waals surface area (Å²) in [6.45, 7) is 18.9. The van der Waals surface area contributed by atoms with Crippen LogP contribution in [-0.4, -0.2) is 34.6 Å². The number of aliphatic hydroxyl groups excluding tert-OH is 1. The van der Waals surface area contributed by atoms with Gasteiger partial charge in [-0.25, -0.2) is 4.98 Å². The minimum Gasteiger partial charge on any atom is -0.512 e. The largest absolute Gasteiger partial charge is 0.512 e. The molecular formula is C56H59IrN5O2S-2. The van der Waals surface area contributed by atoms with Gasteiger partial charge in [-0.2, -0.15) is 8.75 Å². The van der Waals surface area contributed by atoms with E-state index in [0.717, 1.165) is 76.4 Å². The number of aryl methyl sites for hydroxylation is 2. The van der Waals surface area contributed by atoms with Crippen LogP contribution in [0.4, 0.5) is 0 Å². The summed E-state index contributed by atoms with van der Waals surface area (Å²) in [5.41, 5.74) is 13.6. The van der Waals surface area contributed by atoms with Crippen molar-refractivity contribution in [2.24, 2.45) is 11.8 Å². The van der Waals surface area contributed by atoms with Gasteiger partial charge in [0.1, 0.15) is 11.8 Å². The first-order valence-electron chi connectivity index (χ1n) is 22.3. The van der Waals surface area contributed by atoms with E-state index in [-0.39, 0.29) is 48.9 Å². The molecule has 8 aromatic rings. The van der Waals surface area contributed by atoms with Crippen molar-refractivity contribution in [2.75, 3.05) is 0 Å². The van der Waals surface area contributed by atoms with Gasteiger partial charge in [0.2, 0.25) is 0 Å². The third-order valence-electron chi connectivity index (χ3n) is 11.5. The molecule has 0 aliphatic rings. The molecule has 1 radical (unpaired) electrons. The topological polar surface area (TPSA) is 102 Å². The number of hydrogen-bond acceptors (Lipinski definition) is 8. The van der Waals surface area contributed by atoms with Gasteiger partial charge in [-0.05, 0) is 65.1 Å². The molecule has 0 aliphatic heterocycles. The van der Waals surface area contributed by atoms with E-state index in [9.17, 15) is 9.90 Å². The number of allylic oxidation sites excluding steroid dienone is 2. The summed E-state index contributed by atoms with van der Waals surface area (Å²) in [7, 11) is 0. The van der Waals surface area contributed by atoms with E-state index >= 15 is 0 Å². The Bertz CT molecular complexity index is 2800. The van der Waals surface area contributed by atoms with Gasteiger partial charge in [0.15, 0.2) is 11.4 Å². The van der Waals surface area contributed by atoms with Crippen LogP contribution in [0.2, 0.25) is 0 Å². The normalized spacial score (nSPS) is 11.5. The van der Waals surface area contributed by atoms with Gasteiger partial charge in [-0.1, -0.05) is 152 Å². The van der Waals surface area contributed by atoms with Crippen molar-refractivity contribution in [2.45, 2.75) is 93.4 Å². The number of aromatic nitrogens is 5. The number of carbonyl (C=O) groups excluding carboxylic acids is 1. The Balaban J connectivity index is 0.000000189. The van der Waals surface area contributed by atoms with Gasteiger partial charge in [0, 0.05) is 49.9 Å². The van der Waals surface area contributed by atoms with Crippen LogP contribution in [-0.2, 0) is 30.3 Å². The maximum atomic E-state index is 11.7. The minimum atomic E-state index is 0. The average molecular weight is 1060 g/mol. The number of aliphatic hydroxyl groups is 1. The Morgan fingerprint density at radius 1 is 0.692 bits per heavy atom. The predicted octanol–water partition coefficient (Wildman–Crippen LogP) is 14.8. The summed E-state index contributed by atoms with van der Waals surface area (Å²) in [6.07, 6.45) is 8.32. The van der Waals surface area contributed by atoms with Gasteiger partial charge < -0.3 is 10.1 Å². The molecule has 0 unspecified atom stereocenters. The van der Waals surface area contributed by atoms with Gasteiger partial charge in [-0.15, -0.1) is 64.0 Å². The minimum absolute atomic E-state index is 0. The predicted molar refractivity (Wildman–Crippen MR) is 266 cm³/mol. The van der Waals surface area contributed by atoms with E-state index in [1.54, 1.807) is 6.33 Å². The fourth-order valence-corrected chi connectivity index (χ4v) is 8.35. The van der Waals surface area contributed by atoms with Crippen LogP contribution in [0.15, 0.2) is 134 Å². The van der Waals surface area contributed by atoms with Crippen molar-refractivity contribution in [3.8, 4) is 44.8 Å². The SMILES string of the molecule is CC(C)(C)c1cc(-c2ncnc3nsnc23)[c-]c2ccccc12.CCC(CC)C(=O)/C=C(\O)C(CC)CC.Cc1[c-]c(-c2cc(-c3ccc(-c4ccccc4)cc3)ccn2)cc(C)c1.[Ir]. The van der Waals surface area contributed by atoms with Gasteiger partial charge in [0.05, 0.1) is 17.5 Å². The molecule has 9 heteroatoms. The Labute approximate surface area is 403 Å². The second-order valence-electron chi connectivity index (χ2n) is 17.2. The Morgan fingerprint density at radius 3 is 1.97 bits per heavy atom. The van der Waals surface area contributed by atoms with Crippen molar-refractivity contribution in [3.05, 3.63) is 162 Å². The second-order valence-corrected chi connectivity index (χ2v) is 17.7. The van der Waals surface area contributed by atoms with Gasteiger partial charge in [-0.3, -0.25) is 9.78 Å². The third-order valence-corrected chi connectivity index (χ3v) is 12.0. The number of ketones is 1. The summed E-state index contributed by atoms with van der Waals surface area (Å²) in [6, 6.07) is 45.0. The molecule has 3 heterocycles. The van der Waals surface area contributed by atoms with Crippen LogP contribution in [0.1, 0.15) is 90.8 Å². The summed E-state index contributed by atoms with van der Waals surface area (Å²) < 4.78 is 8.56. The number of hydrogen-bond donors (Lipinski definition) is 1. The van der Waals surface area contributed by atoms with Gasteiger partial charge >= 0.3 is 0 Å². The van der Waals surface area contributed by atoms with Crippen molar-refractivity contribution in [1.29, 1.82) is 0 Å². The second kappa shape index (κ2) is 23.5. The first-order chi connectivity index (χ1) is 30.8. The Morgan fingerprint density at radius 2 is 1.32 bits per heavy atom. The fraction of sp³-hybridized carbons (Fsp3) is 0.286. The van der Waals surface area contributed by atoms with Crippen molar-refractivity contribution >= 4 is 39.4 Å². The number of rotatable bonds is 11. The summed E-state index contributed by atoms with van der Waals surface area (Å²) >= 11 is 1.16. The standard InChI is InChI=1S/C25H20N.C18H15N4S.C13H24O2.Ir/c1-18-14-19(2)16-24(15-18)25-17-23(12-13-26-25)22-10-8-21(9-11-22)20-6-4-3-5-7-20;1-18(2,3)14-9-12(8-11-6-4-5-7-13(11)14)15-16-17(20-10-19-15)22-23-21-16;1-5-10(6-2)12(14)9-13(15)11(7-3)8-4;/h3-15,17H,1-2H3;4-7,9-10H,1-3H3;9-11,14H,5-8H2,1-4H3;/q2*-1;;/b;;12-9-;. The van der Waals surface area contributed by atoms with Crippen LogP contribution in [0.25, 0.3) is 66.7 Å². The Kier molecular flexibility index (Phi) is 18.1. The molecule has 1 N–H and O–H groups in total. The van der Waals surface area contributed by atoms with E-state index in [0.29, 0.717) is 5.65 Å². The molecule has 0 bridgehead atoms. The van der Waals surface area contributed by atoms with Crippen molar-refractivity contribution < 1.29 is 30.0 Å². The van der Waals surface area contributed by atoms with E-state index in [1.807, 2.05) is 46.0 Å². The number of benzene rings is 5. The maximum Gasteiger partial charge on any atom is 0.189 e. The third kappa shape index (κ3) is 13.0. The summed E-state index contributed by atoms with van der Waals surface area (Å²) in [4.78, 5) is 24.9. The molecule has 0 amide bonds. The number of fused-ring (bicyclic) bond motifs is 2. The molecule has 0 saturated carbocycles. The molecule has 3 aromatic heterocycles. The average Bonchev–Trinajstić information content (AvgIpc) is 3.79. The molecule has 0 aliphatic carbocycles. The van der Waals surface area contributed by atoms with Crippen LogP contribution < -0.4 is 0 Å². The van der Waals surface area contributed by atoms with Crippen molar-refractivity contribution in [1.82, 2.24) is 23.7 Å². The van der Waals surface area contributed by atoms with E-state index in [4.69, 9.17) is 0 Å². The summed E-state index contributed by atoms with van der Waals surface area (Å²) in [5.74, 6) is 0.547. The molecule has 8 rings (SSSR count). The van der Waals surface area contributed by atoms with Gasteiger partial charge in [0.25, 0.3) is 0 Å². The Hall–Kier alpha value is -5.73. The van der Waals surface area contributed by atoms with E-state index < -0.39 is 0 Å². The van der Waals surface area contributed by atoms with Crippen LogP contribution in [0, 0.1) is 37.8 Å². The first kappa shape index (κ1) is 50.3. The smallest absolute Gasteiger partial charge is 0.189 e. The van der Waals surface area contributed by atoms with Crippen LogP contribution in [0.5, 0.6) is 0 Å². The molecule has 337 valence electrons. The zero-order valence-electron chi connectivity index (χ0n) is 38.9. The molecule has 0 atom stereocenters. The van der Waals surface area contributed by atoms with E-state index in [1.165, 1.54) is 44.8 Å². The quantitative estimate of drug-likeness (QED) is 0.0782. The van der Waals surface area contributed by atoms with E-state index in [2.05, 4.69) is 168 Å². The number of pyridine rings is 1. The summed E-state index contributed by atoms with van der Waals surface area (Å²) in [5, 5.41) is 12.1. The fourth-order valence-electron chi connectivity index (χ4n) is 7.85. The molecule has 0 saturated heterocycles. The van der Waals surface area contributed by atoms with Crippen molar-refractivity contribution in [3.63, 3.8) is 0 Å². The number of nitrogens with zero attached hydrogens (tertiary/aromatic N) is 5. The molecular weight excluding hydrogens is 999 g/mol. The van der Waals surface area contributed by atoms with Crippen LogP contribution >= 0.6 is 11.7 Å². The zero-order chi connectivity index (χ0) is 45.8. The maximum absolute atomic E-state index is 11.7.